The van der Waals surface area contributed by atoms with Crippen molar-refractivity contribution in [2.45, 2.75) is 19.9 Å². The number of alkyl halides is 2. The summed E-state index contributed by atoms with van der Waals surface area (Å²) in [5, 5.41) is 2.72. The van der Waals surface area contributed by atoms with Gasteiger partial charge in [0.1, 0.15) is 12.4 Å². The monoisotopic (exact) mass is 335 g/mol. The number of hydrogen-bond donors (Lipinski definition) is 1. The van der Waals surface area contributed by atoms with Crippen LogP contribution >= 0.6 is 0 Å². The van der Waals surface area contributed by atoms with Crippen molar-refractivity contribution in [2.75, 3.05) is 19.0 Å². The summed E-state index contributed by atoms with van der Waals surface area (Å²) >= 11 is 0. The van der Waals surface area contributed by atoms with Gasteiger partial charge in [-0.25, -0.2) is 13.6 Å². The van der Waals surface area contributed by atoms with Gasteiger partial charge in [-0.05, 0) is 36.2 Å². The number of carbonyl (C=O) groups is 1. The third-order valence-corrected chi connectivity index (χ3v) is 3.32. The fourth-order valence-electron chi connectivity index (χ4n) is 2.04. The zero-order chi connectivity index (χ0) is 17.5. The molecule has 0 saturated heterocycles. The average molecular weight is 335 g/mol. The van der Waals surface area contributed by atoms with Gasteiger partial charge < -0.3 is 15.0 Å². The molecule has 0 fully saturated rings. The van der Waals surface area contributed by atoms with E-state index >= 15 is 0 Å². The van der Waals surface area contributed by atoms with E-state index in [4.69, 9.17) is 4.74 Å². The van der Waals surface area contributed by atoms with Crippen LogP contribution in [0.5, 0.6) is 5.75 Å². The first kappa shape index (κ1) is 17.7. The summed E-state index contributed by atoms with van der Waals surface area (Å²) < 4.78 is 29.6. The van der Waals surface area contributed by atoms with E-state index in [0.717, 1.165) is 11.1 Å². The van der Waals surface area contributed by atoms with E-state index in [9.17, 15) is 13.6 Å². The van der Waals surface area contributed by atoms with Gasteiger partial charge in [-0.3, -0.25) is 4.98 Å². The molecule has 0 saturated carbocycles. The Labute approximate surface area is 139 Å². The molecule has 0 aliphatic carbocycles. The molecule has 128 valence electrons. The van der Waals surface area contributed by atoms with Crippen LogP contribution in [-0.4, -0.2) is 36.0 Å². The van der Waals surface area contributed by atoms with Crippen LogP contribution in [0, 0.1) is 6.92 Å². The second-order valence-corrected chi connectivity index (χ2v) is 5.32. The summed E-state index contributed by atoms with van der Waals surface area (Å²) in [5.41, 5.74) is 2.16. The normalized spacial score (nSPS) is 10.5. The molecule has 2 rings (SSSR count). The van der Waals surface area contributed by atoms with E-state index in [2.05, 4.69) is 10.3 Å². The topological polar surface area (TPSA) is 54.5 Å². The van der Waals surface area contributed by atoms with Crippen molar-refractivity contribution in [3.8, 4) is 5.75 Å². The molecule has 1 N–H and O–H groups in total. The summed E-state index contributed by atoms with van der Waals surface area (Å²) in [4.78, 5) is 17.7. The van der Waals surface area contributed by atoms with Gasteiger partial charge in [-0.15, -0.1) is 0 Å². The Hall–Kier alpha value is -2.70. The zero-order valence-corrected chi connectivity index (χ0v) is 13.5. The van der Waals surface area contributed by atoms with Crippen LogP contribution in [0.15, 0.2) is 42.7 Å². The van der Waals surface area contributed by atoms with Crippen molar-refractivity contribution in [1.29, 1.82) is 0 Å². The number of aryl methyl sites for hydroxylation is 1. The molecule has 24 heavy (non-hydrogen) atoms. The first-order valence-electron chi connectivity index (χ1n) is 7.38. The molecule has 1 aromatic heterocycles. The van der Waals surface area contributed by atoms with Gasteiger partial charge in [0, 0.05) is 37.7 Å². The molecule has 0 atom stereocenters. The highest BCUT2D eigenvalue weighted by atomic mass is 19.3. The van der Waals surface area contributed by atoms with Crippen molar-refractivity contribution in [2.24, 2.45) is 0 Å². The second kappa shape index (κ2) is 8.24. The Kier molecular flexibility index (Phi) is 6.06. The van der Waals surface area contributed by atoms with Gasteiger partial charge in [0.2, 0.25) is 0 Å². The third kappa shape index (κ3) is 5.19. The van der Waals surface area contributed by atoms with Crippen LogP contribution in [0.25, 0.3) is 0 Å². The minimum absolute atomic E-state index is 0.310. The average Bonchev–Trinajstić information content (AvgIpc) is 2.56. The number of pyridine rings is 1. The highest BCUT2D eigenvalue weighted by Gasteiger charge is 2.11. The number of nitrogens with one attached hydrogen (secondary N) is 1. The van der Waals surface area contributed by atoms with Crippen LogP contribution in [0.3, 0.4) is 0 Å². The fourth-order valence-corrected chi connectivity index (χ4v) is 2.04. The molecule has 0 aliphatic heterocycles. The zero-order valence-electron chi connectivity index (χ0n) is 13.5. The smallest absolute Gasteiger partial charge is 0.321 e. The SMILES string of the molecule is Cc1ccc(NC(=O)N(C)Cc2ccncc2)cc1OCC(F)F. The number of rotatable bonds is 6. The lowest BCUT2D eigenvalue weighted by Gasteiger charge is -2.18. The number of nitrogens with zero attached hydrogens (tertiary/aromatic N) is 2. The molecule has 5 nitrogen and oxygen atoms in total. The van der Waals surface area contributed by atoms with Crippen LogP contribution in [0.4, 0.5) is 19.3 Å². The Morgan fingerprint density at radius 2 is 2.00 bits per heavy atom. The van der Waals surface area contributed by atoms with Gasteiger partial charge in [0.05, 0.1) is 0 Å². The highest BCUT2D eigenvalue weighted by molar-refractivity contribution is 5.89. The molecule has 1 heterocycles. The summed E-state index contributed by atoms with van der Waals surface area (Å²) in [7, 11) is 1.66. The Morgan fingerprint density at radius 3 is 2.67 bits per heavy atom. The van der Waals surface area contributed by atoms with Gasteiger partial charge >= 0.3 is 6.03 Å². The molecule has 0 bridgehead atoms. The number of urea groups is 1. The van der Waals surface area contributed by atoms with Gasteiger partial charge in [-0.2, -0.15) is 0 Å². The predicted octanol–water partition coefficient (Wildman–Crippen LogP) is 3.70. The number of halogens is 2. The lowest BCUT2D eigenvalue weighted by Crippen LogP contribution is -2.30. The Bertz CT molecular complexity index is 681. The van der Waals surface area contributed by atoms with E-state index in [1.54, 1.807) is 38.5 Å². The molecule has 2 amide bonds. The lowest BCUT2D eigenvalue weighted by atomic mass is 10.2. The Morgan fingerprint density at radius 1 is 1.29 bits per heavy atom. The maximum Gasteiger partial charge on any atom is 0.321 e. The molecular formula is C17H19F2N3O2. The van der Waals surface area contributed by atoms with Crippen molar-refractivity contribution >= 4 is 11.7 Å². The van der Waals surface area contributed by atoms with Crippen LogP contribution < -0.4 is 10.1 Å². The van der Waals surface area contributed by atoms with E-state index in [0.29, 0.717) is 18.0 Å². The van der Waals surface area contributed by atoms with Gasteiger partial charge in [0.25, 0.3) is 6.43 Å². The minimum atomic E-state index is -2.55. The highest BCUT2D eigenvalue weighted by Crippen LogP contribution is 2.23. The standard InChI is InChI=1S/C17H19F2N3O2/c1-12-3-4-14(9-15(12)24-11-16(18)19)21-17(23)22(2)10-13-5-7-20-8-6-13/h3-9,16H,10-11H2,1-2H3,(H,21,23). The molecule has 7 heteroatoms. The van der Waals surface area contributed by atoms with Gasteiger partial charge in [-0.1, -0.05) is 6.07 Å². The van der Waals surface area contributed by atoms with E-state index in [1.807, 2.05) is 12.1 Å². The van der Waals surface area contributed by atoms with Crippen LogP contribution in [0.1, 0.15) is 11.1 Å². The van der Waals surface area contributed by atoms with E-state index in [-0.39, 0.29) is 6.03 Å². The second-order valence-electron chi connectivity index (χ2n) is 5.32. The third-order valence-electron chi connectivity index (χ3n) is 3.32. The number of ether oxygens (including phenoxy) is 1. The van der Waals surface area contributed by atoms with Crippen molar-refractivity contribution in [3.63, 3.8) is 0 Å². The molecule has 0 unspecified atom stereocenters. The Balaban J connectivity index is 1.99. The van der Waals surface area contributed by atoms with Crippen molar-refractivity contribution in [3.05, 3.63) is 53.9 Å². The van der Waals surface area contributed by atoms with Crippen LogP contribution in [-0.2, 0) is 6.54 Å². The maximum atomic E-state index is 12.3. The maximum absolute atomic E-state index is 12.3. The summed E-state index contributed by atoms with van der Waals surface area (Å²) in [6.45, 7) is 1.50. The molecule has 1 aromatic carbocycles. The number of aromatic nitrogens is 1. The molecule has 0 radical (unpaired) electrons. The number of anilines is 1. The van der Waals surface area contributed by atoms with Gasteiger partial charge in [0.15, 0.2) is 0 Å². The fraction of sp³-hybridized carbons (Fsp3) is 0.294. The summed E-state index contributed by atoms with van der Waals surface area (Å²) in [5.74, 6) is 0.324. The first-order valence-corrected chi connectivity index (χ1v) is 7.38. The minimum Gasteiger partial charge on any atom is -0.487 e. The first-order chi connectivity index (χ1) is 11.5. The molecule has 0 aliphatic rings. The van der Waals surface area contributed by atoms with Crippen molar-refractivity contribution < 1.29 is 18.3 Å². The molecular weight excluding hydrogens is 316 g/mol. The molecule has 2 aromatic rings. The summed E-state index contributed by atoms with van der Waals surface area (Å²) in [6.07, 6.45) is 0.774. The number of carbonyl (C=O) groups excluding carboxylic acids is 1. The number of amides is 2. The largest absolute Gasteiger partial charge is 0.487 e. The predicted molar refractivity (Wildman–Crippen MR) is 87.4 cm³/mol. The van der Waals surface area contributed by atoms with Crippen molar-refractivity contribution in [1.82, 2.24) is 9.88 Å². The van der Waals surface area contributed by atoms with E-state index < -0.39 is 13.0 Å². The number of benzene rings is 1. The lowest BCUT2D eigenvalue weighted by molar-refractivity contribution is 0.0816. The molecule has 0 spiro atoms. The van der Waals surface area contributed by atoms with E-state index in [1.165, 1.54) is 11.0 Å². The summed E-state index contributed by atoms with van der Waals surface area (Å²) in [6, 6.07) is 8.28. The number of hydrogen-bond acceptors (Lipinski definition) is 3. The quantitative estimate of drug-likeness (QED) is 0.876. The van der Waals surface area contributed by atoms with Crippen LogP contribution in [0.2, 0.25) is 0 Å².